The number of carbonyl (C=O) groups excluding carboxylic acids is 1. The van der Waals surface area contributed by atoms with Crippen LogP contribution in [0, 0.1) is 0 Å². The largest absolute Gasteiger partial charge is 0.496 e. The summed E-state index contributed by atoms with van der Waals surface area (Å²) in [5, 5.41) is 10.9. The van der Waals surface area contributed by atoms with E-state index >= 15 is 0 Å². The number of β-amino-alcohol motifs (C(OH)–C–C–N with tert-alkyl or cyclic N) is 1. The molecule has 1 N–H and O–H groups in total. The smallest absolute Gasteiger partial charge is 0.257 e. The van der Waals surface area contributed by atoms with Gasteiger partial charge < -0.3 is 24.2 Å². The lowest BCUT2D eigenvalue weighted by Crippen LogP contribution is -2.50. The summed E-state index contributed by atoms with van der Waals surface area (Å²) in [5.41, 5.74) is -0.826. The van der Waals surface area contributed by atoms with Crippen molar-refractivity contribution in [1.29, 1.82) is 0 Å². The van der Waals surface area contributed by atoms with Crippen LogP contribution in [0.2, 0.25) is 0 Å². The van der Waals surface area contributed by atoms with Gasteiger partial charge in [-0.1, -0.05) is 30.3 Å². The highest BCUT2D eigenvalue weighted by Crippen LogP contribution is 2.22. The fraction of sp³-hybridized carbons (Fsp3) is 0.350. The molecule has 1 fully saturated rings. The molecule has 2 aromatic carbocycles. The molecule has 0 saturated carbocycles. The highest BCUT2D eigenvalue weighted by atomic mass is 16.5. The number of benzene rings is 2. The Morgan fingerprint density at radius 2 is 1.92 bits per heavy atom. The Labute approximate surface area is 152 Å². The molecule has 1 heterocycles. The molecule has 1 amide bonds. The summed E-state index contributed by atoms with van der Waals surface area (Å²) < 4.78 is 16.5. The molecule has 138 valence electrons. The third kappa shape index (κ3) is 4.33. The molecule has 1 aliphatic rings. The van der Waals surface area contributed by atoms with Crippen LogP contribution in [0.5, 0.6) is 11.5 Å². The Hall–Kier alpha value is -2.57. The standard InChI is InChI=1S/C20H23NO5/c1-24-18-10-6-5-9-17(18)19(22)21-11-12-25-14-20(23,13-21)15-26-16-7-3-2-4-8-16/h2-10,23H,11-15H2,1H3/t20-/m0/s1. The fourth-order valence-electron chi connectivity index (χ4n) is 2.90. The summed E-state index contributed by atoms with van der Waals surface area (Å²) in [6.07, 6.45) is 0. The van der Waals surface area contributed by atoms with Crippen LogP contribution in [-0.4, -0.2) is 61.5 Å². The number of ether oxygens (including phenoxy) is 3. The normalized spacial score (nSPS) is 20.3. The first-order valence-corrected chi connectivity index (χ1v) is 8.52. The van der Waals surface area contributed by atoms with E-state index in [1.54, 1.807) is 23.1 Å². The summed E-state index contributed by atoms with van der Waals surface area (Å²) in [6, 6.07) is 16.3. The Kier molecular flexibility index (Phi) is 5.75. The molecule has 0 bridgehead atoms. The maximum absolute atomic E-state index is 12.9. The molecule has 0 spiro atoms. The van der Waals surface area contributed by atoms with Crippen molar-refractivity contribution in [3.8, 4) is 11.5 Å². The third-order valence-corrected chi connectivity index (χ3v) is 4.24. The summed E-state index contributed by atoms with van der Waals surface area (Å²) in [4.78, 5) is 14.5. The number of nitrogens with zero attached hydrogens (tertiary/aromatic N) is 1. The number of carbonyl (C=O) groups is 1. The van der Waals surface area contributed by atoms with Crippen LogP contribution in [0.3, 0.4) is 0 Å². The summed E-state index contributed by atoms with van der Waals surface area (Å²) in [7, 11) is 1.53. The third-order valence-electron chi connectivity index (χ3n) is 4.24. The Balaban J connectivity index is 1.73. The summed E-state index contributed by atoms with van der Waals surface area (Å²) >= 11 is 0. The van der Waals surface area contributed by atoms with Gasteiger partial charge in [0, 0.05) is 6.54 Å². The van der Waals surface area contributed by atoms with Crippen LogP contribution >= 0.6 is 0 Å². The van der Waals surface area contributed by atoms with E-state index in [9.17, 15) is 9.90 Å². The van der Waals surface area contributed by atoms with Gasteiger partial charge in [0.2, 0.25) is 0 Å². The number of rotatable bonds is 5. The first kappa shape index (κ1) is 18.2. The maximum atomic E-state index is 12.9. The molecular weight excluding hydrogens is 334 g/mol. The number of methoxy groups -OCH3 is 1. The average Bonchev–Trinajstić information content (AvgIpc) is 2.89. The predicted octanol–water partition coefficient (Wildman–Crippen LogP) is 1.98. The lowest BCUT2D eigenvalue weighted by Gasteiger charge is -2.30. The van der Waals surface area contributed by atoms with Gasteiger partial charge in [0.25, 0.3) is 5.91 Å². The number of aliphatic hydroxyl groups is 1. The SMILES string of the molecule is COc1ccccc1C(=O)N1CCOC[C@](O)(COc2ccccc2)C1. The topological polar surface area (TPSA) is 68.2 Å². The van der Waals surface area contributed by atoms with Gasteiger partial charge in [-0.05, 0) is 24.3 Å². The van der Waals surface area contributed by atoms with Gasteiger partial charge in [-0.25, -0.2) is 0 Å². The van der Waals surface area contributed by atoms with E-state index in [2.05, 4.69) is 0 Å². The van der Waals surface area contributed by atoms with E-state index in [4.69, 9.17) is 14.2 Å². The van der Waals surface area contributed by atoms with Crippen molar-refractivity contribution in [3.05, 3.63) is 60.2 Å². The van der Waals surface area contributed by atoms with E-state index in [-0.39, 0.29) is 25.7 Å². The Bertz CT molecular complexity index is 736. The second-order valence-electron chi connectivity index (χ2n) is 6.31. The van der Waals surface area contributed by atoms with E-state index in [1.165, 1.54) is 7.11 Å². The summed E-state index contributed by atoms with van der Waals surface area (Å²) in [5.74, 6) is 0.964. The molecule has 6 heteroatoms. The lowest BCUT2D eigenvalue weighted by atomic mass is 10.1. The number of amides is 1. The van der Waals surface area contributed by atoms with Crippen LogP contribution in [0.25, 0.3) is 0 Å². The Morgan fingerprint density at radius 1 is 1.19 bits per heavy atom. The van der Waals surface area contributed by atoms with Gasteiger partial charge in [-0.3, -0.25) is 4.79 Å². The van der Waals surface area contributed by atoms with Crippen molar-refractivity contribution in [3.63, 3.8) is 0 Å². The van der Waals surface area contributed by atoms with Gasteiger partial charge in [0.1, 0.15) is 23.7 Å². The average molecular weight is 357 g/mol. The minimum atomic E-state index is -1.29. The van der Waals surface area contributed by atoms with Gasteiger partial charge in [-0.2, -0.15) is 0 Å². The molecule has 0 aromatic heterocycles. The highest BCUT2D eigenvalue weighted by Gasteiger charge is 2.36. The second kappa shape index (κ2) is 8.21. The molecule has 0 aliphatic carbocycles. The van der Waals surface area contributed by atoms with Crippen LogP contribution in [-0.2, 0) is 4.74 Å². The molecule has 2 aromatic rings. The zero-order chi connectivity index (χ0) is 18.4. The minimum Gasteiger partial charge on any atom is -0.496 e. The summed E-state index contributed by atoms with van der Waals surface area (Å²) in [6.45, 7) is 1.01. The Morgan fingerprint density at radius 3 is 2.69 bits per heavy atom. The number of hydrogen-bond acceptors (Lipinski definition) is 5. The van der Waals surface area contributed by atoms with E-state index in [0.717, 1.165) is 0 Å². The monoisotopic (exact) mass is 357 g/mol. The zero-order valence-corrected chi connectivity index (χ0v) is 14.8. The van der Waals surface area contributed by atoms with E-state index in [1.807, 2.05) is 36.4 Å². The minimum absolute atomic E-state index is 0.0344. The van der Waals surface area contributed by atoms with Crippen molar-refractivity contribution >= 4 is 5.91 Å². The van der Waals surface area contributed by atoms with Crippen LogP contribution in [0.15, 0.2) is 54.6 Å². The maximum Gasteiger partial charge on any atom is 0.257 e. The first-order chi connectivity index (χ1) is 12.6. The van der Waals surface area contributed by atoms with Crippen LogP contribution in [0.4, 0.5) is 0 Å². The quantitative estimate of drug-likeness (QED) is 0.886. The molecule has 3 rings (SSSR count). The molecule has 0 unspecified atom stereocenters. The van der Waals surface area contributed by atoms with Crippen LogP contribution < -0.4 is 9.47 Å². The van der Waals surface area contributed by atoms with Gasteiger partial charge in [-0.15, -0.1) is 0 Å². The molecule has 26 heavy (non-hydrogen) atoms. The van der Waals surface area contributed by atoms with Crippen molar-refractivity contribution < 1.29 is 24.1 Å². The van der Waals surface area contributed by atoms with Crippen molar-refractivity contribution in [2.75, 3.05) is 40.0 Å². The van der Waals surface area contributed by atoms with Crippen LogP contribution in [0.1, 0.15) is 10.4 Å². The first-order valence-electron chi connectivity index (χ1n) is 8.52. The predicted molar refractivity (Wildman–Crippen MR) is 96.6 cm³/mol. The number of para-hydroxylation sites is 2. The zero-order valence-electron chi connectivity index (χ0n) is 14.8. The van der Waals surface area contributed by atoms with Gasteiger partial charge >= 0.3 is 0 Å². The van der Waals surface area contributed by atoms with Crippen molar-refractivity contribution in [1.82, 2.24) is 4.90 Å². The molecule has 6 nitrogen and oxygen atoms in total. The molecule has 1 atom stereocenters. The van der Waals surface area contributed by atoms with Crippen molar-refractivity contribution in [2.24, 2.45) is 0 Å². The molecule has 1 saturated heterocycles. The van der Waals surface area contributed by atoms with Crippen molar-refractivity contribution in [2.45, 2.75) is 5.60 Å². The van der Waals surface area contributed by atoms with Gasteiger partial charge in [0.15, 0.2) is 0 Å². The number of hydrogen-bond donors (Lipinski definition) is 1. The molecule has 1 aliphatic heterocycles. The van der Waals surface area contributed by atoms with E-state index < -0.39 is 5.60 Å². The second-order valence-corrected chi connectivity index (χ2v) is 6.31. The fourth-order valence-corrected chi connectivity index (χ4v) is 2.90. The highest BCUT2D eigenvalue weighted by molar-refractivity contribution is 5.97. The molecule has 0 radical (unpaired) electrons. The van der Waals surface area contributed by atoms with Gasteiger partial charge in [0.05, 0.1) is 32.4 Å². The lowest BCUT2D eigenvalue weighted by molar-refractivity contribution is -0.0621. The van der Waals surface area contributed by atoms with E-state index in [0.29, 0.717) is 30.2 Å². The molecular formula is C20H23NO5.